The van der Waals surface area contributed by atoms with E-state index < -0.39 is 27.3 Å². The summed E-state index contributed by atoms with van der Waals surface area (Å²) in [5, 5.41) is -0.488. The summed E-state index contributed by atoms with van der Waals surface area (Å²) in [6.45, 7) is 0.0991. The van der Waals surface area contributed by atoms with E-state index in [1.807, 2.05) is 30.3 Å². The van der Waals surface area contributed by atoms with Crippen molar-refractivity contribution in [3.63, 3.8) is 0 Å². The molecule has 7 heteroatoms. The minimum absolute atomic E-state index is 0.0991. The van der Waals surface area contributed by atoms with Crippen molar-refractivity contribution in [2.75, 3.05) is 13.6 Å². The van der Waals surface area contributed by atoms with Crippen LogP contribution in [0.5, 0.6) is 0 Å². The first-order valence-electron chi connectivity index (χ1n) is 6.47. The number of sulfonamides is 1. The Kier molecular flexibility index (Phi) is 5.10. The fourth-order valence-corrected chi connectivity index (χ4v) is 2.77. The molecule has 0 aliphatic carbocycles. The summed E-state index contributed by atoms with van der Waals surface area (Å²) in [4.78, 5) is 0. The third-order valence-corrected chi connectivity index (χ3v) is 4.65. The van der Waals surface area contributed by atoms with Gasteiger partial charge in [-0.3, -0.25) is 0 Å². The number of alkyl halides is 2. The Bertz CT molecular complexity index is 739. The average Bonchev–Trinajstić information content (AvgIpc) is 2.99. The van der Waals surface area contributed by atoms with Gasteiger partial charge >= 0.3 is 0 Å². The van der Waals surface area contributed by atoms with Gasteiger partial charge in [0.05, 0.1) is 0 Å². The molecule has 0 aliphatic heterocycles. The lowest BCUT2D eigenvalue weighted by molar-refractivity contribution is 0.116. The van der Waals surface area contributed by atoms with Gasteiger partial charge in [0.15, 0.2) is 5.76 Å². The SMILES string of the molecule is CN(C/C=C/c1ccccc1)S(=O)(=O)c1ccc(C(F)F)o1. The van der Waals surface area contributed by atoms with E-state index in [-0.39, 0.29) is 6.54 Å². The van der Waals surface area contributed by atoms with Crippen molar-refractivity contribution in [1.29, 1.82) is 0 Å². The molecule has 1 aromatic carbocycles. The molecular weight excluding hydrogens is 312 g/mol. The number of benzene rings is 1. The zero-order valence-electron chi connectivity index (χ0n) is 11.8. The molecule has 1 aromatic heterocycles. The normalized spacial score (nSPS) is 12.6. The molecule has 1 heterocycles. The molecule has 0 unspecified atom stereocenters. The molecular formula is C15H15F2NO3S. The molecule has 2 aromatic rings. The van der Waals surface area contributed by atoms with Crippen LogP contribution in [0.25, 0.3) is 6.08 Å². The van der Waals surface area contributed by atoms with Gasteiger partial charge < -0.3 is 4.42 Å². The summed E-state index contributed by atoms with van der Waals surface area (Å²) in [6.07, 6.45) is 0.606. The van der Waals surface area contributed by atoms with E-state index in [9.17, 15) is 17.2 Å². The first kappa shape index (κ1) is 16.4. The molecule has 0 saturated carbocycles. The lowest BCUT2D eigenvalue weighted by atomic mass is 10.2. The van der Waals surface area contributed by atoms with E-state index >= 15 is 0 Å². The van der Waals surface area contributed by atoms with Gasteiger partial charge in [-0.05, 0) is 17.7 Å². The first-order chi connectivity index (χ1) is 10.4. The average molecular weight is 327 g/mol. The molecule has 0 N–H and O–H groups in total. The van der Waals surface area contributed by atoms with Gasteiger partial charge in [0.1, 0.15) is 0 Å². The highest BCUT2D eigenvalue weighted by molar-refractivity contribution is 7.89. The summed E-state index contributed by atoms with van der Waals surface area (Å²) in [5.41, 5.74) is 0.936. The first-order valence-corrected chi connectivity index (χ1v) is 7.91. The summed E-state index contributed by atoms with van der Waals surface area (Å²) < 4.78 is 54.9. The molecule has 0 bridgehead atoms. The smallest absolute Gasteiger partial charge is 0.295 e. The highest BCUT2D eigenvalue weighted by atomic mass is 32.2. The van der Waals surface area contributed by atoms with Crippen LogP contribution < -0.4 is 0 Å². The van der Waals surface area contributed by atoms with Crippen LogP contribution in [-0.2, 0) is 10.0 Å². The molecule has 0 atom stereocenters. The Morgan fingerprint density at radius 2 is 1.86 bits per heavy atom. The Labute approximate surface area is 127 Å². The Balaban J connectivity index is 2.07. The maximum atomic E-state index is 12.4. The van der Waals surface area contributed by atoms with E-state index in [1.54, 1.807) is 12.2 Å². The molecule has 118 valence electrons. The van der Waals surface area contributed by atoms with Crippen LogP contribution in [0.1, 0.15) is 17.7 Å². The number of hydrogen-bond donors (Lipinski definition) is 0. The van der Waals surface area contributed by atoms with Crippen molar-refractivity contribution in [3.8, 4) is 0 Å². The quantitative estimate of drug-likeness (QED) is 0.815. The van der Waals surface area contributed by atoms with Crippen molar-refractivity contribution in [2.24, 2.45) is 0 Å². The van der Waals surface area contributed by atoms with Gasteiger partial charge in [-0.25, -0.2) is 17.2 Å². The predicted molar refractivity (Wildman–Crippen MR) is 79.0 cm³/mol. The number of likely N-dealkylation sites (N-methyl/N-ethyl adjacent to an activating group) is 1. The van der Waals surface area contributed by atoms with E-state index in [1.165, 1.54) is 7.05 Å². The van der Waals surface area contributed by atoms with E-state index in [0.29, 0.717) is 0 Å². The van der Waals surface area contributed by atoms with Gasteiger partial charge in [0.2, 0.25) is 5.09 Å². The molecule has 0 spiro atoms. The van der Waals surface area contributed by atoms with Crippen LogP contribution in [-0.4, -0.2) is 26.3 Å². The van der Waals surface area contributed by atoms with Crippen molar-refractivity contribution in [2.45, 2.75) is 11.5 Å². The van der Waals surface area contributed by atoms with E-state index in [0.717, 1.165) is 22.0 Å². The maximum absolute atomic E-state index is 12.4. The summed E-state index contributed by atoms with van der Waals surface area (Å²) in [7, 11) is -2.57. The predicted octanol–water partition coefficient (Wildman–Crippen LogP) is 3.55. The lowest BCUT2D eigenvalue weighted by Gasteiger charge is -2.12. The van der Waals surface area contributed by atoms with Crippen molar-refractivity contribution in [1.82, 2.24) is 4.31 Å². The maximum Gasteiger partial charge on any atom is 0.295 e. The molecule has 4 nitrogen and oxygen atoms in total. The third-order valence-electron chi connectivity index (χ3n) is 2.95. The van der Waals surface area contributed by atoms with E-state index in [4.69, 9.17) is 4.42 Å². The second-order valence-corrected chi connectivity index (χ2v) is 6.53. The minimum atomic E-state index is -3.92. The summed E-state index contributed by atoms with van der Waals surface area (Å²) in [5.74, 6) is -0.660. The largest absolute Gasteiger partial charge is 0.442 e. The highest BCUT2D eigenvalue weighted by Crippen LogP contribution is 2.25. The Morgan fingerprint density at radius 1 is 1.18 bits per heavy atom. The van der Waals surface area contributed by atoms with Gasteiger partial charge in [-0.1, -0.05) is 42.5 Å². The number of furan rings is 1. The Morgan fingerprint density at radius 3 is 2.45 bits per heavy atom. The van der Waals surface area contributed by atoms with Crippen molar-refractivity contribution in [3.05, 3.63) is 59.9 Å². The van der Waals surface area contributed by atoms with Crippen molar-refractivity contribution >= 4 is 16.1 Å². The zero-order valence-corrected chi connectivity index (χ0v) is 12.6. The van der Waals surface area contributed by atoms with Gasteiger partial charge in [-0.15, -0.1) is 0 Å². The number of nitrogens with zero attached hydrogens (tertiary/aromatic N) is 1. The fraction of sp³-hybridized carbons (Fsp3) is 0.200. The zero-order chi connectivity index (χ0) is 16.2. The van der Waals surface area contributed by atoms with Crippen LogP contribution in [0.4, 0.5) is 8.78 Å². The Hall–Kier alpha value is -1.99. The molecule has 0 amide bonds. The third kappa shape index (κ3) is 3.80. The van der Waals surface area contributed by atoms with Crippen LogP contribution in [0.3, 0.4) is 0 Å². The second kappa shape index (κ2) is 6.85. The molecule has 0 fully saturated rings. The summed E-state index contributed by atoms with van der Waals surface area (Å²) >= 11 is 0. The lowest BCUT2D eigenvalue weighted by Crippen LogP contribution is -2.26. The van der Waals surface area contributed by atoms with Gasteiger partial charge in [0, 0.05) is 13.6 Å². The standard InChI is InChI=1S/C15H15F2NO3S/c1-18(11-5-8-12-6-3-2-4-7-12)22(19,20)14-10-9-13(21-14)15(16)17/h2-10,15H,11H2,1H3/b8-5+. The molecule has 2 rings (SSSR count). The number of hydrogen-bond acceptors (Lipinski definition) is 3. The molecule has 0 saturated heterocycles. The van der Waals surface area contributed by atoms with Crippen LogP contribution in [0, 0.1) is 0 Å². The fourth-order valence-electron chi connectivity index (χ4n) is 1.74. The molecule has 0 radical (unpaired) electrons. The minimum Gasteiger partial charge on any atom is -0.442 e. The molecule has 0 aliphatic rings. The van der Waals surface area contributed by atoms with Crippen molar-refractivity contribution < 1.29 is 21.6 Å². The van der Waals surface area contributed by atoms with Gasteiger partial charge in [0.25, 0.3) is 16.4 Å². The highest BCUT2D eigenvalue weighted by Gasteiger charge is 2.25. The van der Waals surface area contributed by atoms with Crippen LogP contribution in [0.2, 0.25) is 0 Å². The van der Waals surface area contributed by atoms with Gasteiger partial charge in [-0.2, -0.15) is 4.31 Å². The topological polar surface area (TPSA) is 50.5 Å². The summed E-state index contributed by atoms with van der Waals surface area (Å²) in [6, 6.07) is 11.4. The van der Waals surface area contributed by atoms with Crippen LogP contribution in [0.15, 0.2) is 58.1 Å². The van der Waals surface area contributed by atoms with Crippen LogP contribution >= 0.6 is 0 Å². The second-order valence-electron chi connectivity index (χ2n) is 4.56. The number of halogens is 2. The molecule has 22 heavy (non-hydrogen) atoms. The number of rotatable bonds is 6. The monoisotopic (exact) mass is 327 g/mol. The van der Waals surface area contributed by atoms with E-state index in [2.05, 4.69) is 0 Å².